The summed E-state index contributed by atoms with van der Waals surface area (Å²) in [6, 6.07) is 0. The topological polar surface area (TPSA) is 63.5 Å². The van der Waals surface area contributed by atoms with Crippen molar-refractivity contribution >= 4 is 23.3 Å². The maximum absolute atomic E-state index is 13.5. The number of unbranched alkanes of at least 4 members (excludes halogenated alkanes) is 1. The molecule has 1 saturated carbocycles. The summed E-state index contributed by atoms with van der Waals surface area (Å²) in [6.07, 6.45) is 7.63. The number of nitrogens with zero attached hydrogens (tertiary/aromatic N) is 2. The highest BCUT2D eigenvalue weighted by molar-refractivity contribution is 7.04. The van der Waals surface area contributed by atoms with Crippen molar-refractivity contribution in [2.45, 2.75) is 99.5 Å². The average molecular weight is 436 g/mol. The molecule has 1 heterocycles. The van der Waals surface area contributed by atoms with Crippen molar-refractivity contribution in [3.05, 3.63) is 16.4 Å². The van der Waals surface area contributed by atoms with E-state index in [1.165, 1.54) is 0 Å². The number of amides is 2. The third-order valence-electron chi connectivity index (χ3n) is 6.96. The molecule has 0 aliphatic heterocycles. The van der Waals surface area contributed by atoms with Gasteiger partial charge in [-0.25, -0.2) is 4.99 Å². The molecule has 2 rings (SSSR count). The summed E-state index contributed by atoms with van der Waals surface area (Å²) in [5.74, 6) is -0.168. The lowest BCUT2D eigenvalue weighted by Gasteiger charge is -2.38. The monoisotopic (exact) mass is 435 g/mol. The van der Waals surface area contributed by atoms with E-state index in [0.29, 0.717) is 13.0 Å². The number of aryl methyl sites for hydroxylation is 1. The van der Waals surface area contributed by atoms with Gasteiger partial charge in [0.2, 0.25) is 5.91 Å². The molecule has 1 aromatic rings. The molecule has 2 amide bonds. The van der Waals surface area contributed by atoms with Crippen molar-refractivity contribution in [2.24, 2.45) is 21.7 Å². The molecule has 6 heteroatoms. The van der Waals surface area contributed by atoms with Gasteiger partial charge in [0.15, 0.2) is 0 Å². The average Bonchev–Trinajstić information content (AvgIpc) is 3.17. The lowest BCUT2D eigenvalue weighted by molar-refractivity contribution is -0.136. The number of rotatable bonds is 7. The van der Waals surface area contributed by atoms with E-state index in [1.54, 1.807) is 11.5 Å². The van der Waals surface area contributed by atoms with Crippen LogP contribution in [0, 0.1) is 16.7 Å². The highest BCUT2D eigenvalue weighted by Gasteiger charge is 2.57. The molecule has 1 aliphatic rings. The van der Waals surface area contributed by atoms with Crippen molar-refractivity contribution < 1.29 is 9.59 Å². The van der Waals surface area contributed by atoms with Gasteiger partial charge in [0, 0.05) is 29.8 Å². The van der Waals surface area contributed by atoms with Crippen molar-refractivity contribution in [3.8, 4) is 0 Å². The molecule has 170 valence electrons. The lowest BCUT2D eigenvalue weighted by Crippen LogP contribution is -2.45. The van der Waals surface area contributed by atoms with Crippen LogP contribution in [0.4, 0.5) is 0 Å². The second kappa shape index (κ2) is 9.37. The molecule has 0 spiro atoms. The molecule has 1 aliphatic carbocycles. The summed E-state index contributed by atoms with van der Waals surface area (Å²) in [4.78, 5) is 30.9. The molecule has 30 heavy (non-hydrogen) atoms. The summed E-state index contributed by atoms with van der Waals surface area (Å²) in [5, 5.41) is 3.03. The predicted molar refractivity (Wildman–Crippen MR) is 124 cm³/mol. The van der Waals surface area contributed by atoms with Crippen LogP contribution in [-0.2, 0) is 21.5 Å². The van der Waals surface area contributed by atoms with Crippen molar-refractivity contribution in [1.29, 1.82) is 0 Å². The maximum atomic E-state index is 13.5. The fourth-order valence-corrected chi connectivity index (χ4v) is 5.30. The molecule has 5 nitrogen and oxygen atoms in total. The molecule has 2 atom stereocenters. The summed E-state index contributed by atoms with van der Waals surface area (Å²) in [7, 11) is 0. The molecule has 1 N–H and O–H groups in total. The Morgan fingerprint density at radius 3 is 2.47 bits per heavy atom. The van der Waals surface area contributed by atoms with E-state index >= 15 is 0 Å². The molecule has 0 aromatic carbocycles. The van der Waals surface area contributed by atoms with Crippen LogP contribution in [0.1, 0.15) is 93.1 Å². The van der Waals surface area contributed by atoms with E-state index in [1.807, 2.05) is 13.8 Å². The van der Waals surface area contributed by atoms with Gasteiger partial charge in [-0.15, -0.1) is 0 Å². The zero-order chi connectivity index (χ0) is 22.7. The standard InChI is InChI=1S/C24H41N3O2S/c1-9-11-12-17-16-27(22(3,4)5)30-20(17)26-21(29)24(8)14-13-18(23(24,6)7)19(28)25-15-10-2/h16,18H,9-15H2,1-8H3,(H,25,28)/b26-20-/t18-,24+/m1/s1. The number of hydrogen-bond donors (Lipinski definition) is 1. The van der Waals surface area contributed by atoms with E-state index in [2.05, 4.69) is 62.0 Å². The van der Waals surface area contributed by atoms with Crippen LogP contribution >= 0.6 is 11.5 Å². The van der Waals surface area contributed by atoms with Crippen LogP contribution in [0.2, 0.25) is 0 Å². The normalized spacial score (nSPS) is 24.3. The van der Waals surface area contributed by atoms with Crippen LogP contribution in [0.25, 0.3) is 0 Å². The number of nitrogens with one attached hydrogen (secondary N) is 1. The minimum Gasteiger partial charge on any atom is -0.356 e. The van der Waals surface area contributed by atoms with Gasteiger partial charge in [0.05, 0.1) is 5.41 Å². The van der Waals surface area contributed by atoms with Crippen LogP contribution in [0.3, 0.4) is 0 Å². The van der Waals surface area contributed by atoms with Gasteiger partial charge in [-0.3, -0.25) is 13.5 Å². The molecular formula is C24H41N3O2S. The Labute approximate surface area is 186 Å². The van der Waals surface area contributed by atoms with E-state index in [4.69, 9.17) is 0 Å². The second-order valence-electron chi connectivity index (χ2n) is 10.5. The first-order valence-corrected chi connectivity index (χ1v) is 12.2. The smallest absolute Gasteiger partial charge is 0.253 e. The van der Waals surface area contributed by atoms with E-state index in [9.17, 15) is 9.59 Å². The first kappa shape index (κ1) is 24.8. The highest BCUT2D eigenvalue weighted by atomic mass is 32.1. The largest absolute Gasteiger partial charge is 0.356 e. The third-order valence-corrected chi connectivity index (χ3v) is 8.34. The van der Waals surface area contributed by atoms with Gasteiger partial charge in [-0.2, -0.15) is 0 Å². The van der Waals surface area contributed by atoms with Crippen LogP contribution in [0.15, 0.2) is 11.2 Å². The SMILES string of the molecule is CCCCc1cn(C(C)(C)C)s/c1=N\C(=O)[C@]1(C)CC[C@H](C(=O)NCCC)C1(C)C. The molecule has 1 aromatic heterocycles. The number of hydrogen-bond acceptors (Lipinski definition) is 3. The van der Waals surface area contributed by atoms with Gasteiger partial charge in [0.25, 0.3) is 5.91 Å². The Morgan fingerprint density at radius 1 is 1.23 bits per heavy atom. The first-order chi connectivity index (χ1) is 13.9. The molecule has 0 bridgehead atoms. The molecule has 0 radical (unpaired) electrons. The number of carbonyl (C=O) groups is 2. The Kier molecular flexibility index (Phi) is 7.76. The van der Waals surface area contributed by atoms with Crippen molar-refractivity contribution in [3.63, 3.8) is 0 Å². The van der Waals surface area contributed by atoms with Gasteiger partial charge < -0.3 is 5.32 Å². The quantitative estimate of drug-likeness (QED) is 0.652. The Bertz CT molecular complexity index is 828. The molecular weight excluding hydrogens is 394 g/mol. The highest BCUT2D eigenvalue weighted by Crippen LogP contribution is 2.56. The zero-order valence-electron chi connectivity index (χ0n) is 20.2. The predicted octanol–water partition coefficient (Wildman–Crippen LogP) is 5.04. The van der Waals surface area contributed by atoms with E-state index < -0.39 is 10.8 Å². The Morgan fingerprint density at radius 2 is 1.90 bits per heavy atom. The summed E-state index contributed by atoms with van der Waals surface area (Å²) in [5.41, 5.74) is 0.0368. The Hall–Kier alpha value is -1.43. The van der Waals surface area contributed by atoms with Crippen molar-refractivity contribution in [2.75, 3.05) is 6.54 Å². The van der Waals surface area contributed by atoms with Gasteiger partial charge in [-0.1, -0.05) is 41.0 Å². The minimum absolute atomic E-state index is 0.0402. The van der Waals surface area contributed by atoms with Crippen LogP contribution in [0.5, 0.6) is 0 Å². The summed E-state index contributed by atoms with van der Waals surface area (Å²) >= 11 is 1.57. The van der Waals surface area contributed by atoms with Gasteiger partial charge >= 0.3 is 0 Å². The van der Waals surface area contributed by atoms with Crippen LogP contribution in [-0.4, -0.2) is 22.3 Å². The van der Waals surface area contributed by atoms with Gasteiger partial charge in [-0.05, 0) is 69.8 Å². The molecule has 0 unspecified atom stereocenters. The lowest BCUT2D eigenvalue weighted by atomic mass is 9.65. The van der Waals surface area contributed by atoms with Crippen molar-refractivity contribution in [1.82, 2.24) is 9.27 Å². The van der Waals surface area contributed by atoms with E-state index in [0.717, 1.165) is 42.3 Å². The molecule has 0 saturated heterocycles. The minimum atomic E-state index is -0.639. The second-order valence-corrected chi connectivity index (χ2v) is 11.5. The molecule has 1 fully saturated rings. The van der Waals surface area contributed by atoms with E-state index in [-0.39, 0.29) is 23.3 Å². The summed E-state index contributed by atoms with van der Waals surface area (Å²) in [6.45, 7) is 17.5. The third kappa shape index (κ3) is 4.90. The number of carbonyl (C=O) groups excluding carboxylic acids is 2. The maximum Gasteiger partial charge on any atom is 0.253 e. The summed E-state index contributed by atoms with van der Waals surface area (Å²) < 4.78 is 3.03. The van der Waals surface area contributed by atoms with Crippen LogP contribution < -0.4 is 9.99 Å². The fourth-order valence-electron chi connectivity index (χ4n) is 4.27. The zero-order valence-corrected chi connectivity index (χ0v) is 21.0. The Balaban J connectivity index is 2.39. The first-order valence-electron chi connectivity index (χ1n) is 11.5. The van der Waals surface area contributed by atoms with Gasteiger partial charge in [0.1, 0.15) is 4.67 Å². The number of aromatic nitrogens is 1. The fraction of sp³-hybridized carbons (Fsp3) is 0.792.